The highest BCUT2D eigenvalue weighted by atomic mass is 16.6. The van der Waals surface area contributed by atoms with Gasteiger partial charge >= 0.3 is 5.63 Å². The molecule has 0 saturated carbocycles. The topological polar surface area (TPSA) is 141 Å². The summed E-state index contributed by atoms with van der Waals surface area (Å²) in [5.74, 6) is -0.721. The lowest BCUT2D eigenvalue weighted by Gasteiger charge is -2.09. The van der Waals surface area contributed by atoms with Crippen LogP contribution in [0.1, 0.15) is 31.8 Å². The summed E-state index contributed by atoms with van der Waals surface area (Å²) in [7, 11) is 0. The number of rotatable bonds is 6. The minimum absolute atomic E-state index is 0.0372. The first-order valence-corrected chi connectivity index (χ1v) is 10.4. The highest BCUT2D eigenvalue weighted by Crippen LogP contribution is 2.23. The van der Waals surface area contributed by atoms with E-state index in [1.54, 1.807) is 36.4 Å². The molecule has 0 fully saturated rings. The molecule has 10 nitrogen and oxygen atoms in total. The molecule has 35 heavy (non-hydrogen) atoms. The van der Waals surface area contributed by atoms with Crippen LogP contribution in [0.25, 0.3) is 11.0 Å². The van der Waals surface area contributed by atoms with E-state index >= 15 is 0 Å². The fourth-order valence-electron chi connectivity index (χ4n) is 3.33. The molecule has 0 bridgehead atoms. The average Bonchev–Trinajstić information content (AvgIpc) is 2.85. The number of fused-ring (bicyclic) bond motifs is 1. The van der Waals surface area contributed by atoms with Crippen molar-refractivity contribution in [2.45, 2.75) is 13.5 Å². The molecule has 0 aliphatic rings. The van der Waals surface area contributed by atoms with Crippen LogP contribution in [0, 0.1) is 17.0 Å². The van der Waals surface area contributed by atoms with Crippen LogP contribution in [0.15, 0.2) is 82.0 Å². The summed E-state index contributed by atoms with van der Waals surface area (Å²) in [6.07, 6.45) is 0. The number of ether oxygens (including phenoxy) is 1. The van der Waals surface area contributed by atoms with Crippen molar-refractivity contribution in [3.05, 3.63) is 116 Å². The lowest BCUT2D eigenvalue weighted by Crippen LogP contribution is -2.41. The largest absolute Gasteiger partial charge is 0.489 e. The third-order valence-corrected chi connectivity index (χ3v) is 5.15. The second-order valence-electron chi connectivity index (χ2n) is 7.61. The van der Waals surface area contributed by atoms with Crippen molar-refractivity contribution in [3.8, 4) is 5.75 Å². The summed E-state index contributed by atoms with van der Waals surface area (Å²) < 4.78 is 11.0. The van der Waals surface area contributed by atoms with Crippen LogP contribution < -0.4 is 21.2 Å². The van der Waals surface area contributed by atoms with Gasteiger partial charge in [0, 0.05) is 40.8 Å². The molecular weight excluding hydrogens is 454 g/mol. The van der Waals surface area contributed by atoms with Gasteiger partial charge < -0.3 is 9.15 Å². The molecule has 4 aromatic rings. The minimum atomic E-state index is -0.687. The smallest absolute Gasteiger partial charge is 0.336 e. The van der Waals surface area contributed by atoms with Crippen molar-refractivity contribution in [1.29, 1.82) is 0 Å². The fraction of sp³-hybridized carbons (Fsp3) is 0.0800. The van der Waals surface area contributed by atoms with Gasteiger partial charge in [-0.1, -0.05) is 18.2 Å². The number of aryl methyl sites for hydroxylation is 1. The van der Waals surface area contributed by atoms with Crippen molar-refractivity contribution < 1.29 is 23.7 Å². The number of nitro benzene ring substituents is 1. The molecule has 176 valence electrons. The SMILES string of the molecule is Cc1cc(=O)oc2cc(OCc3ccc(C(=O)NNC(=O)c4cccc([N+](=O)[O-])c4)cc3)ccc12. The number of non-ortho nitro benzene ring substituents is 1. The molecule has 2 N–H and O–H groups in total. The van der Waals surface area contributed by atoms with Crippen LogP contribution in [-0.2, 0) is 6.61 Å². The van der Waals surface area contributed by atoms with Gasteiger partial charge in [0.2, 0.25) is 0 Å². The zero-order chi connectivity index (χ0) is 24.9. The lowest BCUT2D eigenvalue weighted by molar-refractivity contribution is -0.384. The lowest BCUT2D eigenvalue weighted by atomic mass is 10.1. The number of carbonyl (C=O) groups is 2. The summed E-state index contributed by atoms with van der Waals surface area (Å²) in [5.41, 5.74) is 6.21. The number of carbonyl (C=O) groups excluding carboxylic acids is 2. The summed E-state index contributed by atoms with van der Waals surface area (Å²) in [5, 5.41) is 11.7. The molecule has 0 saturated heterocycles. The Bertz CT molecular complexity index is 1490. The summed E-state index contributed by atoms with van der Waals surface area (Å²) >= 11 is 0. The van der Waals surface area contributed by atoms with Gasteiger partial charge in [0.15, 0.2) is 0 Å². The van der Waals surface area contributed by atoms with Gasteiger partial charge in [-0.05, 0) is 48.4 Å². The quantitative estimate of drug-likeness (QED) is 0.247. The Morgan fingerprint density at radius 2 is 1.66 bits per heavy atom. The Morgan fingerprint density at radius 3 is 2.37 bits per heavy atom. The normalized spacial score (nSPS) is 10.5. The molecule has 0 atom stereocenters. The standard InChI is InChI=1S/C25H19N3O7/c1-15-11-23(29)35-22-13-20(9-10-21(15)22)34-14-16-5-7-17(8-6-16)24(30)26-27-25(31)18-3-2-4-19(12-18)28(32)33/h2-13H,14H2,1H3,(H,26,30)(H,27,31). The summed E-state index contributed by atoms with van der Waals surface area (Å²) in [6, 6.07) is 18.4. The molecule has 1 aromatic heterocycles. The predicted molar refractivity (Wildman–Crippen MR) is 126 cm³/mol. The van der Waals surface area contributed by atoms with E-state index in [1.165, 1.54) is 24.3 Å². The van der Waals surface area contributed by atoms with Gasteiger partial charge in [-0.25, -0.2) is 4.79 Å². The molecule has 0 aliphatic carbocycles. The molecule has 0 spiro atoms. The van der Waals surface area contributed by atoms with Gasteiger partial charge in [0.1, 0.15) is 17.9 Å². The van der Waals surface area contributed by atoms with E-state index in [4.69, 9.17) is 9.15 Å². The highest BCUT2D eigenvalue weighted by molar-refractivity contribution is 5.99. The van der Waals surface area contributed by atoms with Gasteiger partial charge in [0.25, 0.3) is 17.5 Å². The zero-order valence-corrected chi connectivity index (χ0v) is 18.4. The van der Waals surface area contributed by atoms with E-state index in [9.17, 15) is 24.5 Å². The highest BCUT2D eigenvalue weighted by Gasteiger charge is 2.13. The maximum absolute atomic E-state index is 12.3. The minimum Gasteiger partial charge on any atom is -0.489 e. The first kappa shape index (κ1) is 23.2. The van der Waals surface area contributed by atoms with Crippen LogP contribution in [0.4, 0.5) is 5.69 Å². The average molecular weight is 473 g/mol. The third-order valence-electron chi connectivity index (χ3n) is 5.15. The number of nitro groups is 1. The molecule has 0 radical (unpaired) electrons. The molecule has 0 unspecified atom stereocenters. The summed E-state index contributed by atoms with van der Waals surface area (Å²) in [6.45, 7) is 2.05. The summed E-state index contributed by atoms with van der Waals surface area (Å²) in [4.78, 5) is 46.3. The van der Waals surface area contributed by atoms with Gasteiger partial charge in [-0.15, -0.1) is 0 Å². The van der Waals surface area contributed by atoms with E-state index < -0.39 is 22.4 Å². The van der Waals surface area contributed by atoms with Crippen LogP contribution in [0.5, 0.6) is 5.75 Å². The number of nitrogens with one attached hydrogen (secondary N) is 2. The monoisotopic (exact) mass is 473 g/mol. The Morgan fingerprint density at radius 1 is 0.943 bits per heavy atom. The fourth-order valence-corrected chi connectivity index (χ4v) is 3.33. The zero-order valence-electron chi connectivity index (χ0n) is 18.4. The molecule has 2 amide bonds. The number of benzene rings is 3. The van der Waals surface area contributed by atoms with Crippen LogP contribution in [0.2, 0.25) is 0 Å². The van der Waals surface area contributed by atoms with Crippen molar-refractivity contribution >= 4 is 28.5 Å². The van der Waals surface area contributed by atoms with E-state index in [-0.39, 0.29) is 23.4 Å². The van der Waals surface area contributed by atoms with E-state index in [1.807, 2.05) is 13.0 Å². The Hall–Kier alpha value is -4.99. The van der Waals surface area contributed by atoms with Gasteiger partial charge in [-0.2, -0.15) is 0 Å². The third kappa shape index (κ3) is 5.50. The molecule has 0 aliphatic heterocycles. The Balaban J connectivity index is 1.34. The second-order valence-corrected chi connectivity index (χ2v) is 7.61. The number of hydrogen-bond donors (Lipinski definition) is 2. The number of hydrazine groups is 1. The maximum Gasteiger partial charge on any atom is 0.336 e. The van der Waals surface area contributed by atoms with Crippen molar-refractivity contribution in [2.75, 3.05) is 0 Å². The van der Waals surface area contributed by atoms with E-state index in [2.05, 4.69) is 10.9 Å². The number of hydrogen-bond acceptors (Lipinski definition) is 7. The molecular formula is C25H19N3O7. The van der Waals surface area contributed by atoms with E-state index in [0.717, 1.165) is 22.6 Å². The maximum atomic E-state index is 12.3. The van der Waals surface area contributed by atoms with Crippen LogP contribution in [-0.4, -0.2) is 16.7 Å². The van der Waals surface area contributed by atoms with Crippen molar-refractivity contribution in [2.24, 2.45) is 0 Å². The van der Waals surface area contributed by atoms with Gasteiger partial charge in [0.05, 0.1) is 4.92 Å². The Labute approximate surface area is 198 Å². The number of amides is 2. The van der Waals surface area contributed by atoms with E-state index in [0.29, 0.717) is 11.3 Å². The first-order chi connectivity index (χ1) is 16.8. The molecule has 4 rings (SSSR count). The second kappa shape index (κ2) is 9.87. The van der Waals surface area contributed by atoms with Crippen molar-refractivity contribution in [3.63, 3.8) is 0 Å². The molecule has 10 heteroatoms. The number of nitrogens with zero attached hydrogens (tertiary/aromatic N) is 1. The van der Waals surface area contributed by atoms with Gasteiger partial charge in [-0.3, -0.25) is 30.6 Å². The first-order valence-electron chi connectivity index (χ1n) is 10.4. The Kier molecular flexibility index (Phi) is 6.54. The molecule has 1 heterocycles. The predicted octanol–water partition coefficient (Wildman–Crippen LogP) is 3.66. The molecule has 3 aromatic carbocycles. The van der Waals surface area contributed by atoms with Crippen molar-refractivity contribution in [1.82, 2.24) is 10.9 Å². The van der Waals surface area contributed by atoms with Crippen LogP contribution in [0.3, 0.4) is 0 Å². The van der Waals surface area contributed by atoms with Crippen LogP contribution >= 0.6 is 0 Å².